The third kappa shape index (κ3) is 5.05. The van der Waals surface area contributed by atoms with Gasteiger partial charge in [0.05, 0.1) is 6.42 Å². The fourth-order valence-corrected chi connectivity index (χ4v) is 3.66. The van der Waals surface area contributed by atoms with Gasteiger partial charge in [0.2, 0.25) is 5.91 Å². The Morgan fingerprint density at radius 2 is 1.35 bits per heavy atom. The molecule has 0 unspecified atom stereocenters. The standard InChI is InChI=1S/C25H23N3O3/c29-23(18-28-24(30)15-21-13-7-8-14-22(21)25(28)31)26-27(16-19-9-3-1-4-10-19)17-20-11-5-2-6-12-20/h1-14H,15-18H2,(H,26,29). The zero-order valence-electron chi connectivity index (χ0n) is 17.0. The SMILES string of the molecule is O=C(CN1C(=O)Cc2ccccc2C1=O)NN(Cc1ccccc1)Cc1ccccc1. The first-order valence-corrected chi connectivity index (χ1v) is 10.1. The molecule has 6 nitrogen and oxygen atoms in total. The molecule has 156 valence electrons. The van der Waals surface area contributed by atoms with Crippen LogP contribution in [-0.2, 0) is 29.1 Å². The third-order valence-corrected chi connectivity index (χ3v) is 5.15. The molecular weight excluding hydrogens is 390 g/mol. The van der Waals surface area contributed by atoms with E-state index in [9.17, 15) is 14.4 Å². The van der Waals surface area contributed by atoms with Gasteiger partial charge in [-0.15, -0.1) is 0 Å². The molecule has 0 saturated carbocycles. The van der Waals surface area contributed by atoms with Crippen LogP contribution in [0.5, 0.6) is 0 Å². The van der Waals surface area contributed by atoms with Gasteiger partial charge in [-0.2, -0.15) is 0 Å². The molecule has 0 fully saturated rings. The lowest BCUT2D eigenvalue weighted by Crippen LogP contribution is -2.50. The van der Waals surface area contributed by atoms with Crippen molar-refractivity contribution in [3.63, 3.8) is 0 Å². The molecule has 1 aliphatic rings. The number of amides is 3. The van der Waals surface area contributed by atoms with E-state index in [4.69, 9.17) is 0 Å². The highest BCUT2D eigenvalue weighted by Gasteiger charge is 2.32. The van der Waals surface area contributed by atoms with Crippen LogP contribution in [0.2, 0.25) is 0 Å². The van der Waals surface area contributed by atoms with Gasteiger partial charge in [0.1, 0.15) is 6.54 Å². The summed E-state index contributed by atoms with van der Waals surface area (Å²) in [6.07, 6.45) is 0.118. The van der Waals surface area contributed by atoms with Gasteiger partial charge >= 0.3 is 0 Å². The number of nitrogens with zero attached hydrogens (tertiary/aromatic N) is 2. The van der Waals surface area contributed by atoms with Crippen molar-refractivity contribution in [3.8, 4) is 0 Å². The number of carbonyl (C=O) groups excluding carboxylic acids is 3. The van der Waals surface area contributed by atoms with Crippen LogP contribution in [0.15, 0.2) is 84.9 Å². The Bertz CT molecular complexity index is 1040. The van der Waals surface area contributed by atoms with E-state index < -0.39 is 11.8 Å². The van der Waals surface area contributed by atoms with Gasteiger partial charge in [-0.25, -0.2) is 5.01 Å². The number of nitrogens with one attached hydrogen (secondary N) is 1. The van der Waals surface area contributed by atoms with Gasteiger partial charge in [0.25, 0.3) is 11.8 Å². The average Bonchev–Trinajstić information content (AvgIpc) is 2.78. The van der Waals surface area contributed by atoms with Crippen molar-refractivity contribution >= 4 is 17.7 Å². The van der Waals surface area contributed by atoms with Gasteiger partial charge in [-0.05, 0) is 22.8 Å². The van der Waals surface area contributed by atoms with Gasteiger partial charge in [0, 0.05) is 18.7 Å². The van der Waals surface area contributed by atoms with E-state index in [1.165, 1.54) is 0 Å². The summed E-state index contributed by atoms with van der Waals surface area (Å²) >= 11 is 0. The van der Waals surface area contributed by atoms with Crippen LogP contribution in [-0.4, -0.2) is 34.2 Å². The minimum atomic E-state index is -0.431. The minimum absolute atomic E-state index is 0.118. The fraction of sp³-hybridized carbons (Fsp3) is 0.160. The van der Waals surface area contributed by atoms with Crippen LogP contribution in [0.3, 0.4) is 0 Å². The normalized spacial score (nSPS) is 13.3. The summed E-state index contributed by atoms with van der Waals surface area (Å²) in [6.45, 7) is 0.671. The largest absolute Gasteiger partial charge is 0.287 e. The van der Waals surface area contributed by atoms with Crippen LogP contribution >= 0.6 is 0 Å². The molecule has 3 aromatic carbocycles. The molecule has 1 aliphatic heterocycles. The van der Waals surface area contributed by atoms with Gasteiger partial charge < -0.3 is 0 Å². The second kappa shape index (κ2) is 9.36. The van der Waals surface area contributed by atoms with E-state index in [0.29, 0.717) is 24.2 Å². The van der Waals surface area contributed by atoms with Crippen LogP contribution < -0.4 is 5.43 Å². The number of imide groups is 1. The third-order valence-electron chi connectivity index (χ3n) is 5.15. The second-order valence-corrected chi connectivity index (χ2v) is 7.48. The molecule has 1 N–H and O–H groups in total. The number of carbonyl (C=O) groups is 3. The molecule has 4 rings (SSSR count). The minimum Gasteiger partial charge on any atom is -0.287 e. The molecule has 0 aliphatic carbocycles. The Labute approximate surface area is 181 Å². The van der Waals surface area contributed by atoms with Gasteiger partial charge in [0.15, 0.2) is 0 Å². The predicted octanol–water partition coefficient (Wildman–Crippen LogP) is 2.95. The zero-order chi connectivity index (χ0) is 21.6. The Morgan fingerprint density at radius 1 is 0.806 bits per heavy atom. The molecule has 0 radical (unpaired) electrons. The number of fused-ring (bicyclic) bond motifs is 1. The molecule has 1 heterocycles. The molecule has 3 amide bonds. The van der Waals surface area contributed by atoms with E-state index in [0.717, 1.165) is 16.0 Å². The van der Waals surface area contributed by atoms with E-state index >= 15 is 0 Å². The Balaban J connectivity index is 1.46. The van der Waals surface area contributed by atoms with Crippen LogP contribution in [0.4, 0.5) is 0 Å². The lowest BCUT2D eigenvalue weighted by molar-refractivity contribution is -0.135. The van der Waals surface area contributed by atoms with Gasteiger partial charge in [-0.1, -0.05) is 78.9 Å². The van der Waals surface area contributed by atoms with Crippen LogP contribution in [0, 0.1) is 0 Å². The predicted molar refractivity (Wildman–Crippen MR) is 116 cm³/mol. The molecule has 0 saturated heterocycles. The van der Waals surface area contributed by atoms with Crippen molar-refractivity contribution in [3.05, 3.63) is 107 Å². The lowest BCUT2D eigenvalue weighted by atomic mass is 9.98. The Morgan fingerprint density at radius 3 is 1.97 bits per heavy atom. The van der Waals surface area contributed by atoms with Crippen molar-refractivity contribution in [1.82, 2.24) is 15.3 Å². The first kappa shape index (κ1) is 20.5. The molecule has 31 heavy (non-hydrogen) atoms. The fourth-order valence-electron chi connectivity index (χ4n) is 3.66. The number of benzene rings is 3. The summed E-state index contributed by atoms with van der Waals surface area (Å²) in [5.41, 5.74) is 6.12. The summed E-state index contributed by atoms with van der Waals surface area (Å²) in [4.78, 5) is 39.1. The van der Waals surface area contributed by atoms with Crippen molar-refractivity contribution in [2.75, 3.05) is 6.54 Å². The smallest absolute Gasteiger partial charge is 0.261 e. The van der Waals surface area contributed by atoms with E-state index in [1.807, 2.05) is 60.7 Å². The van der Waals surface area contributed by atoms with E-state index in [-0.39, 0.29) is 18.9 Å². The summed E-state index contributed by atoms with van der Waals surface area (Å²) in [7, 11) is 0. The summed E-state index contributed by atoms with van der Waals surface area (Å²) in [5, 5.41) is 1.79. The summed E-state index contributed by atoms with van der Waals surface area (Å²) in [6, 6.07) is 26.6. The molecule has 0 spiro atoms. The molecular formula is C25H23N3O3. The molecule has 3 aromatic rings. The highest BCUT2D eigenvalue weighted by Crippen LogP contribution is 2.19. The zero-order valence-corrected chi connectivity index (χ0v) is 17.0. The Hall–Kier alpha value is -3.77. The maximum Gasteiger partial charge on any atom is 0.261 e. The summed E-state index contributed by atoms with van der Waals surface area (Å²) < 4.78 is 0. The summed E-state index contributed by atoms with van der Waals surface area (Å²) in [5.74, 6) is -1.20. The number of rotatable bonds is 7. The number of hydrogen-bond donors (Lipinski definition) is 1. The average molecular weight is 413 g/mol. The van der Waals surface area contributed by atoms with E-state index in [1.54, 1.807) is 29.3 Å². The van der Waals surface area contributed by atoms with Crippen LogP contribution in [0.1, 0.15) is 27.0 Å². The first-order chi connectivity index (χ1) is 15.1. The van der Waals surface area contributed by atoms with Crippen molar-refractivity contribution in [1.29, 1.82) is 0 Å². The monoisotopic (exact) mass is 413 g/mol. The van der Waals surface area contributed by atoms with E-state index in [2.05, 4.69) is 5.43 Å². The molecule has 0 atom stereocenters. The molecule has 0 bridgehead atoms. The molecule has 6 heteroatoms. The van der Waals surface area contributed by atoms with Crippen molar-refractivity contribution < 1.29 is 14.4 Å². The Kier molecular flexibility index (Phi) is 6.19. The quantitative estimate of drug-likeness (QED) is 0.478. The van der Waals surface area contributed by atoms with Crippen molar-refractivity contribution in [2.24, 2.45) is 0 Å². The lowest BCUT2D eigenvalue weighted by Gasteiger charge is -2.28. The maximum atomic E-state index is 12.8. The second-order valence-electron chi connectivity index (χ2n) is 7.48. The topological polar surface area (TPSA) is 69.7 Å². The number of hydrogen-bond acceptors (Lipinski definition) is 4. The number of hydrazine groups is 1. The van der Waals surface area contributed by atoms with Gasteiger partial charge in [-0.3, -0.25) is 24.7 Å². The molecule has 0 aromatic heterocycles. The maximum absolute atomic E-state index is 12.8. The first-order valence-electron chi connectivity index (χ1n) is 10.1. The van der Waals surface area contributed by atoms with Crippen molar-refractivity contribution in [2.45, 2.75) is 19.5 Å². The van der Waals surface area contributed by atoms with Crippen LogP contribution in [0.25, 0.3) is 0 Å². The highest BCUT2D eigenvalue weighted by molar-refractivity contribution is 6.11. The highest BCUT2D eigenvalue weighted by atomic mass is 16.2.